The highest BCUT2D eigenvalue weighted by Gasteiger charge is 2.69. The van der Waals surface area contributed by atoms with Crippen LogP contribution in [-0.2, 0) is 6.42 Å². The lowest BCUT2D eigenvalue weighted by Crippen LogP contribution is -2.53. The first kappa shape index (κ1) is 15.3. The van der Waals surface area contributed by atoms with Gasteiger partial charge in [-0.15, -0.1) is 0 Å². The molecule has 0 saturated heterocycles. The lowest BCUT2D eigenvalue weighted by Gasteiger charge is -2.58. The van der Waals surface area contributed by atoms with E-state index < -0.39 is 0 Å². The Hall–Kier alpha value is -1.02. The number of aliphatic hydroxyl groups is 1. The normalized spacial score (nSPS) is 46.0. The summed E-state index contributed by atoms with van der Waals surface area (Å²) in [6.07, 6.45) is 10.0. The monoisotopic (exact) mass is 326 g/mol. The molecular formula is C22H30O2. The number of benzene rings is 1. The molecule has 0 amide bonds. The van der Waals surface area contributed by atoms with Crippen molar-refractivity contribution in [1.82, 2.24) is 0 Å². The fourth-order valence-electron chi connectivity index (χ4n) is 7.78. The average molecular weight is 326 g/mol. The highest BCUT2D eigenvalue weighted by Crippen LogP contribution is 2.74. The van der Waals surface area contributed by atoms with Crippen molar-refractivity contribution in [2.24, 2.45) is 22.7 Å². The van der Waals surface area contributed by atoms with E-state index >= 15 is 0 Å². The molecule has 1 spiro atoms. The van der Waals surface area contributed by atoms with Crippen LogP contribution in [0.25, 0.3) is 0 Å². The Balaban J connectivity index is 1.60. The van der Waals surface area contributed by atoms with E-state index in [1.165, 1.54) is 50.5 Å². The van der Waals surface area contributed by atoms with Gasteiger partial charge in [0.2, 0.25) is 0 Å². The van der Waals surface area contributed by atoms with E-state index in [0.717, 1.165) is 24.0 Å². The van der Waals surface area contributed by atoms with Gasteiger partial charge < -0.3 is 9.84 Å². The second-order valence-corrected chi connectivity index (χ2v) is 9.15. The van der Waals surface area contributed by atoms with E-state index in [-0.39, 0.29) is 11.5 Å². The molecular weight excluding hydrogens is 296 g/mol. The third-order valence-electron chi connectivity index (χ3n) is 8.77. The molecule has 1 N–H and O–H groups in total. The summed E-state index contributed by atoms with van der Waals surface area (Å²) in [5, 5.41) is 10.9. The Kier molecular flexibility index (Phi) is 3.18. The molecule has 4 aliphatic carbocycles. The van der Waals surface area contributed by atoms with E-state index in [2.05, 4.69) is 25.1 Å². The van der Waals surface area contributed by atoms with Gasteiger partial charge in [0.15, 0.2) is 0 Å². The summed E-state index contributed by atoms with van der Waals surface area (Å²) >= 11 is 0. The van der Waals surface area contributed by atoms with Gasteiger partial charge in [-0.2, -0.15) is 0 Å². The Labute approximate surface area is 145 Å². The lowest BCUT2D eigenvalue weighted by molar-refractivity contribution is -0.102. The fraction of sp³-hybridized carbons (Fsp3) is 0.727. The SMILES string of the molecule is COc1ccc2c(c1)CC[C@@H]1[C@@H]2CC[C@]2(C)[C@H](O)C[C@H]3CCC[C@@]312. The summed E-state index contributed by atoms with van der Waals surface area (Å²) in [6, 6.07) is 6.77. The minimum absolute atomic E-state index is 0.0685. The first-order valence-electron chi connectivity index (χ1n) is 9.95. The highest BCUT2D eigenvalue weighted by molar-refractivity contribution is 5.41. The summed E-state index contributed by atoms with van der Waals surface area (Å²) in [7, 11) is 1.77. The minimum atomic E-state index is -0.0685. The maximum Gasteiger partial charge on any atom is 0.119 e. The average Bonchev–Trinajstić information content (AvgIpc) is 3.10. The fourth-order valence-corrected chi connectivity index (χ4v) is 7.78. The standard InChI is InChI=1S/C22H30O2/c1-21-11-9-18-17-7-6-16(24-2)12-14(17)5-8-19(18)22(21)10-3-4-15(22)13-20(21)23/h6-7,12,15,18-20,23H,3-5,8-11,13H2,1-2H3/t15-,18-,19-,20-,21-,22-/m1/s1. The number of aryl methyl sites for hydroxylation is 1. The van der Waals surface area contributed by atoms with Crippen LogP contribution in [0.4, 0.5) is 0 Å². The highest BCUT2D eigenvalue weighted by atomic mass is 16.5. The topological polar surface area (TPSA) is 29.5 Å². The number of aliphatic hydroxyl groups excluding tert-OH is 1. The first-order valence-corrected chi connectivity index (χ1v) is 9.95. The van der Waals surface area contributed by atoms with Crippen molar-refractivity contribution in [3.8, 4) is 5.75 Å². The predicted octanol–water partition coefficient (Wildman–Crippen LogP) is 4.69. The van der Waals surface area contributed by atoms with Crippen LogP contribution >= 0.6 is 0 Å². The Bertz CT molecular complexity index is 668. The number of rotatable bonds is 1. The van der Waals surface area contributed by atoms with Crippen molar-refractivity contribution >= 4 is 0 Å². The van der Waals surface area contributed by atoms with Crippen molar-refractivity contribution in [2.45, 2.75) is 70.3 Å². The zero-order valence-electron chi connectivity index (χ0n) is 15.1. The van der Waals surface area contributed by atoms with E-state index in [1.54, 1.807) is 12.7 Å². The van der Waals surface area contributed by atoms with Crippen LogP contribution in [-0.4, -0.2) is 18.3 Å². The van der Waals surface area contributed by atoms with E-state index in [4.69, 9.17) is 4.74 Å². The van der Waals surface area contributed by atoms with E-state index in [1.807, 2.05) is 0 Å². The maximum absolute atomic E-state index is 10.9. The summed E-state index contributed by atoms with van der Waals surface area (Å²) in [5.74, 6) is 3.26. The van der Waals surface area contributed by atoms with Crippen LogP contribution in [0.15, 0.2) is 18.2 Å². The van der Waals surface area contributed by atoms with Gasteiger partial charge >= 0.3 is 0 Å². The second-order valence-electron chi connectivity index (χ2n) is 9.15. The van der Waals surface area contributed by atoms with E-state index in [9.17, 15) is 5.11 Å². The van der Waals surface area contributed by atoms with Crippen LogP contribution in [0.1, 0.15) is 68.9 Å². The van der Waals surface area contributed by atoms with Crippen LogP contribution in [0.2, 0.25) is 0 Å². The number of ether oxygens (including phenoxy) is 1. The molecule has 0 radical (unpaired) electrons. The summed E-state index contributed by atoms with van der Waals surface area (Å²) in [5.41, 5.74) is 3.69. The molecule has 3 saturated carbocycles. The third kappa shape index (κ3) is 1.66. The smallest absolute Gasteiger partial charge is 0.119 e. The summed E-state index contributed by atoms with van der Waals surface area (Å²) in [4.78, 5) is 0. The molecule has 0 bridgehead atoms. The van der Waals surface area contributed by atoms with Gasteiger partial charge in [-0.05, 0) is 96.8 Å². The molecule has 0 aromatic heterocycles. The zero-order valence-corrected chi connectivity index (χ0v) is 15.1. The zero-order chi connectivity index (χ0) is 16.5. The van der Waals surface area contributed by atoms with Crippen LogP contribution < -0.4 is 4.74 Å². The van der Waals surface area contributed by atoms with Gasteiger partial charge in [-0.1, -0.05) is 19.4 Å². The number of methoxy groups -OCH3 is 1. The Morgan fingerprint density at radius 3 is 2.88 bits per heavy atom. The van der Waals surface area contributed by atoms with Gasteiger partial charge in [-0.3, -0.25) is 0 Å². The van der Waals surface area contributed by atoms with Gasteiger partial charge in [-0.25, -0.2) is 0 Å². The van der Waals surface area contributed by atoms with Crippen molar-refractivity contribution in [1.29, 1.82) is 0 Å². The third-order valence-corrected chi connectivity index (χ3v) is 8.77. The molecule has 2 heteroatoms. The van der Waals surface area contributed by atoms with Crippen LogP contribution in [0.5, 0.6) is 5.75 Å². The number of hydrogen-bond acceptors (Lipinski definition) is 2. The summed E-state index contributed by atoms with van der Waals surface area (Å²) in [6.45, 7) is 2.43. The van der Waals surface area contributed by atoms with Crippen LogP contribution in [0.3, 0.4) is 0 Å². The molecule has 0 aliphatic heterocycles. The molecule has 24 heavy (non-hydrogen) atoms. The Morgan fingerprint density at radius 2 is 2.04 bits per heavy atom. The maximum atomic E-state index is 10.9. The molecule has 5 rings (SSSR count). The van der Waals surface area contributed by atoms with Crippen LogP contribution in [0, 0.1) is 22.7 Å². The van der Waals surface area contributed by atoms with Gasteiger partial charge in [0.05, 0.1) is 13.2 Å². The predicted molar refractivity (Wildman–Crippen MR) is 95.3 cm³/mol. The van der Waals surface area contributed by atoms with Crippen molar-refractivity contribution in [3.63, 3.8) is 0 Å². The number of hydrogen-bond donors (Lipinski definition) is 1. The van der Waals surface area contributed by atoms with Gasteiger partial charge in [0.1, 0.15) is 5.75 Å². The Morgan fingerprint density at radius 1 is 1.17 bits per heavy atom. The molecule has 6 atom stereocenters. The summed E-state index contributed by atoms with van der Waals surface area (Å²) < 4.78 is 5.45. The molecule has 4 aliphatic rings. The molecule has 0 heterocycles. The van der Waals surface area contributed by atoms with Crippen molar-refractivity contribution in [3.05, 3.63) is 29.3 Å². The minimum Gasteiger partial charge on any atom is -0.497 e. The molecule has 130 valence electrons. The molecule has 1 aromatic rings. The second kappa shape index (κ2) is 5.00. The number of fused-ring (bicyclic) bond motifs is 3. The molecule has 0 unspecified atom stereocenters. The quantitative estimate of drug-likeness (QED) is 0.811. The first-order chi connectivity index (χ1) is 11.6. The van der Waals surface area contributed by atoms with Crippen molar-refractivity contribution in [2.75, 3.05) is 7.11 Å². The lowest BCUT2D eigenvalue weighted by atomic mass is 9.46. The van der Waals surface area contributed by atoms with Gasteiger partial charge in [0, 0.05) is 0 Å². The molecule has 3 fully saturated rings. The molecule has 2 nitrogen and oxygen atoms in total. The van der Waals surface area contributed by atoms with Crippen molar-refractivity contribution < 1.29 is 9.84 Å². The van der Waals surface area contributed by atoms with Gasteiger partial charge in [0.25, 0.3) is 0 Å². The largest absolute Gasteiger partial charge is 0.497 e. The molecule has 1 aromatic carbocycles. The van der Waals surface area contributed by atoms with E-state index in [0.29, 0.717) is 11.3 Å².